The maximum atomic E-state index is 13.7. The molecule has 6 nitrogen and oxygen atoms in total. The van der Waals surface area contributed by atoms with Gasteiger partial charge in [-0.05, 0) is 61.9 Å². The normalized spacial score (nSPS) is 15.0. The smallest absolute Gasteiger partial charge is 0.255 e. The zero-order valence-corrected chi connectivity index (χ0v) is 21.8. The Morgan fingerprint density at radius 2 is 1.89 bits per heavy atom. The Labute approximate surface area is 213 Å². The van der Waals surface area contributed by atoms with E-state index in [1.54, 1.807) is 23.1 Å². The maximum absolute atomic E-state index is 13.7. The van der Waals surface area contributed by atoms with Crippen LogP contribution in [0, 0.1) is 20.8 Å². The Balaban J connectivity index is 1.49. The predicted octanol–water partition coefficient (Wildman–Crippen LogP) is 6.48. The van der Waals surface area contributed by atoms with E-state index < -0.39 is 0 Å². The average Bonchev–Trinajstić information content (AvgIpc) is 3.44. The van der Waals surface area contributed by atoms with Gasteiger partial charge in [-0.25, -0.2) is 4.68 Å². The van der Waals surface area contributed by atoms with Gasteiger partial charge in [-0.1, -0.05) is 59.8 Å². The molecule has 35 heavy (non-hydrogen) atoms. The minimum atomic E-state index is -0.351. The highest BCUT2D eigenvalue weighted by atomic mass is 32.2. The van der Waals surface area contributed by atoms with E-state index in [1.807, 2.05) is 55.8 Å². The van der Waals surface area contributed by atoms with Crippen molar-refractivity contribution in [3.8, 4) is 0 Å². The van der Waals surface area contributed by atoms with Crippen LogP contribution < -0.4 is 10.6 Å². The lowest BCUT2D eigenvalue weighted by Gasteiger charge is -2.28. The summed E-state index contributed by atoms with van der Waals surface area (Å²) in [6.45, 7) is 8.06. The van der Waals surface area contributed by atoms with E-state index in [1.165, 1.54) is 5.56 Å². The molecular formula is C27H27N5OS2. The molecule has 2 aromatic heterocycles. The van der Waals surface area contributed by atoms with E-state index >= 15 is 0 Å². The van der Waals surface area contributed by atoms with Gasteiger partial charge in [0.05, 0.1) is 5.57 Å². The Morgan fingerprint density at radius 1 is 1.09 bits per heavy atom. The number of thioether (sulfide) groups is 1. The molecular weight excluding hydrogens is 474 g/mol. The van der Waals surface area contributed by atoms with Crippen molar-refractivity contribution in [2.75, 3.05) is 10.6 Å². The van der Waals surface area contributed by atoms with Crippen molar-refractivity contribution in [3.63, 3.8) is 0 Å². The van der Waals surface area contributed by atoms with Gasteiger partial charge in [-0.15, -0.1) is 16.4 Å². The highest BCUT2D eigenvalue weighted by Gasteiger charge is 2.36. The molecule has 0 fully saturated rings. The second kappa shape index (κ2) is 9.71. The topological polar surface area (TPSA) is 71.8 Å². The largest absolute Gasteiger partial charge is 0.328 e. The minimum absolute atomic E-state index is 0.139. The van der Waals surface area contributed by atoms with E-state index in [-0.39, 0.29) is 11.9 Å². The molecule has 1 unspecified atom stereocenters. The van der Waals surface area contributed by atoms with Gasteiger partial charge in [0.25, 0.3) is 5.91 Å². The van der Waals surface area contributed by atoms with E-state index in [4.69, 9.17) is 10.1 Å². The van der Waals surface area contributed by atoms with Crippen LogP contribution in [-0.2, 0) is 10.5 Å². The standard InChI is InChI=1S/C27H27N5OS2/c1-16-10-11-21(18(3)14-16)29-25(33)22-19(4)28-26-30-27(35-15-20-8-6-5-7-9-20)31-32(26)23(22)24-17(2)12-13-34-24/h5-14,23H,15H2,1-4H3,(H,29,33)(H,28,30,31). The number of aryl methyl sites for hydroxylation is 3. The summed E-state index contributed by atoms with van der Waals surface area (Å²) in [5.74, 6) is 1.29. The van der Waals surface area contributed by atoms with Crippen LogP contribution in [0.3, 0.4) is 0 Å². The molecule has 1 aliphatic heterocycles. The van der Waals surface area contributed by atoms with Crippen LogP contribution in [0.25, 0.3) is 0 Å². The van der Waals surface area contributed by atoms with Crippen molar-refractivity contribution in [1.82, 2.24) is 14.8 Å². The van der Waals surface area contributed by atoms with Gasteiger partial charge in [0.2, 0.25) is 11.1 Å². The Morgan fingerprint density at radius 3 is 2.60 bits per heavy atom. The number of nitrogens with zero attached hydrogens (tertiary/aromatic N) is 3. The Hall–Kier alpha value is -3.36. The third kappa shape index (κ3) is 4.76. The molecule has 0 saturated heterocycles. The number of carbonyl (C=O) groups excluding carboxylic acids is 1. The Bertz CT molecular complexity index is 1420. The second-order valence-corrected chi connectivity index (χ2v) is 10.6. The average molecular weight is 502 g/mol. The zero-order chi connectivity index (χ0) is 24.5. The summed E-state index contributed by atoms with van der Waals surface area (Å²) >= 11 is 3.22. The second-order valence-electron chi connectivity index (χ2n) is 8.74. The number of hydrogen-bond acceptors (Lipinski definition) is 6. The summed E-state index contributed by atoms with van der Waals surface area (Å²) in [6, 6.07) is 18.0. The summed E-state index contributed by atoms with van der Waals surface area (Å²) in [5, 5.41) is 14.0. The molecule has 5 rings (SSSR count). The lowest BCUT2D eigenvalue weighted by Crippen LogP contribution is -2.31. The van der Waals surface area contributed by atoms with Crippen LogP contribution in [0.1, 0.15) is 40.1 Å². The molecule has 3 heterocycles. The van der Waals surface area contributed by atoms with Crippen molar-refractivity contribution in [1.29, 1.82) is 0 Å². The highest BCUT2D eigenvalue weighted by molar-refractivity contribution is 7.98. The lowest BCUT2D eigenvalue weighted by molar-refractivity contribution is -0.113. The van der Waals surface area contributed by atoms with E-state index in [9.17, 15) is 4.79 Å². The first-order chi connectivity index (χ1) is 16.9. The number of hydrogen-bond donors (Lipinski definition) is 2. The van der Waals surface area contributed by atoms with Crippen LogP contribution >= 0.6 is 23.1 Å². The lowest BCUT2D eigenvalue weighted by atomic mass is 9.98. The van der Waals surface area contributed by atoms with E-state index in [0.717, 1.165) is 38.7 Å². The molecule has 0 bridgehead atoms. The summed E-state index contributed by atoms with van der Waals surface area (Å²) in [7, 11) is 0. The molecule has 1 atom stereocenters. The number of amides is 1. The van der Waals surface area contributed by atoms with Crippen molar-refractivity contribution in [2.45, 2.75) is 44.6 Å². The summed E-state index contributed by atoms with van der Waals surface area (Å²) in [4.78, 5) is 19.5. The highest BCUT2D eigenvalue weighted by Crippen LogP contribution is 2.40. The number of aromatic nitrogens is 3. The van der Waals surface area contributed by atoms with Crippen molar-refractivity contribution in [3.05, 3.63) is 98.4 Å². The van der Waals surface area contributed by atoms with Gasteiger partial charge >= 0.3 is 0 Å². The van der Waals surface area contributed by atoms with Crippen molar-refractivity contribution in [2.24, 2.45) is 0 Å². The minimum Gasteiger partial charge on any atom is -0.328 e. The molecule has 1 amide bonds. The number of allylic oxidation sites excluding steroid dienone is 1. The molecule has 0 aliphatic carbocycles. The Kier molecular flexibility index (Phi) is 6.49. The fourth-order valence-corrected chi connectivity index (χ4v) is 6.06. The molecule has 2 N–H and O–H groups in total. The first-order valence-electron chi connectivity index (χ1n) is 11.4. The van der Waals surface area contributed by atoms with Gasteiger partial charge < -0.3 is 10.6 Å². The number of thiophene rings is 1. The van der Waals surface area contributed by atoms with Gasteiger partial charge in [-0.3, -0.25) is 4.79 Å². The molecule has 178 valence electrons. The monoisotopic (exact) mass is 501 g/mol. The fourth-order valence-electron chi connectivity index (χ4n) is 4.26. The number of carbonyl (C=O) groups is 1. The van der Waals surface area contributed by atoms with Gasteiger partial charge in [-0.2, -0.15) is 4.98 Å². The van der Waals surface area contributed by atoms with Crippen LogP contribution in [0.4, 0.5) is 11.6 Å². The third-order valence-electron chi connectivity index (χ3n) is 6.07. The summed E-state index contributed by atoms with van der Waals surface area (Å²) < 4.78 is 1.86. The molecule has 4 aromatic rings. The van der Waals surface area contributed by atoms with Gasteiger partial charge in [0.15, 0.2) is 0 Å². The van der Waals surface area contributed by atoms with Crippen molar-refractivity contribution < 1.29 is 4.79 Å². The van der Waals surface area contributed by atoms with Gasteiger partial charge in [0.1, 0.15) is 6.04 Å². The predicted molar refractivity (Wildman–Crippen MR) is 144 cm³/mol. The maximum Gasteiger partial charge on any atom is 0.255 e. The first kappa shape index (κ1) is 23.4. The number of rotatable bonds is 6. The molecule has 0 spiro atoms. The van der Waals surface area contributed by atoms with Crippen LogP contribution in [0.15, 0.2) is 76.4 Å². The fraction of sp³-hybridized carbons (Fsp3) is 0.222. The number of nitrogens with one attached hydrogen (secondary N) is 2. The molecule has 0 radical (unpaired) electrons. The quantitative estimate of drug-likeness (QED) is 0.296. The summed E-state index contributed by atoms with van der Waals surface area (Å²) in [6.07, 6.45) is 0. The van der Waals surface area contributed by atoms with Gasteiger partial charge in [0, 0.05) is 22.0 Å². The number of anilines is 2. The third-order valence-corrected chi connectivity index (χ3v) is 8.05. The molecule has 8 heteroatoms. The molecule has 1 aliphatic rings. The van der Waals surface area contributed by atoms with Crippen LogP contribution in [-0.4, -0.2) is 20.7 Å². The van der Waals surface area contributed by atoms with Crippen LogP contribution in [0.5, 0.6) is 0 Å². The zero-order valence-electron chi connectivity index (χ0n) is 20.1. The first-order valence-corrected chi connectivity index (χ1v) is 13.3. The van der Waals surface area contributed by atoms with E-state index in [0.29, 0.717) is 16.7 Å². The number of benzene rings is 2. The van der Waals surface area contributed by atoms with E-state index in [2.05, 4.69) is 47.2 Å². The SMILES string of the molecule is CC1=C(C(=O)Nc2ccc(C)cc2C)C(c2sccc2C)n2nc(SCc3ccccc3)nc2N1. The number of fused-ring (bicyclic) bond motifs is 1. The summed E-state index contributed by atoms with van der Waals surface area (Å²) in [5.41, 5.74) is 6.78. The van der Waals surface area contributed by atoms with Crippen LogP contribution in [0.2, 0.25) is 0 Å². The van der Waals surface area contributed by atoms with Crippen molar-refractivity contribution >= 4 is 40.6 Å². The molecule has 0 saturated carbocycles. The molecule has 2 aromatic carbocycles.